The molecular formula is C28H31N3O8. The van der Waals surface area contributed by atoms with E-state index >= 15 is 0 Å². The van der Waals surface area contributed by atoms with Crippen LogP contribution < -0.4 is 5.73 Å². The third-order valence-corrected chi connectivity index (χ3v) is 8.10. The fourth-order valence-corrected chi connectivity index (χ4v) is 6.49. The lowest BCUT2D eigenvalue weighted by Gasteiger charge is -2.50. The molecule has 4 atom stereocenters. The van der Waals surface area contributed by atoms with Gasteiger partial charge < -0.3 is 35.5 Å². The summed E-state index contributed by atoms with van der Waals surface area (Å²) in [5, 5.41) is 44.8. The molecule has 1 aromatic heterocycles. The summed E-state index contributed by atoms with van der Waals surface area (Å²) < 4.78 is 5.69. The maximum Gasteiger partial charge on any atom is 0.255 e. The van der Waals surface area contributed by atoms with Crippen LogP contribution in [0.2, 0.25) is 0 Å². The van der Waals surface area contributed by atoms with E-state index in [0.29, 0.717) is 23.4 Å². The second kappa shape index (κ2) is 9.08. The van der Waals surface area contributed by atoms with Crippen molar-refractivity contribution in [1.82, 2.24) is 9.80 Å². The Labute approximate surface area is 224 Å². The van der Waals surface area contributed by atoms with E-state index in [-0.39, 0.29) is 29.7 Å². The van der Waals surface area contributed by atoms with Crippen molar-refractivity contribution in [3.63, 3.8) is 0 Å². The lowest BCUT2D eigenvalue weighted by atomic mass is 9.58. The number of allylic oxidation sites excluding steroid dienone is 1. The number of benzene rings is 1. The van der Waals surface area contributed by atoms with Crippen LogP contribution in [-0.4, -0.2) is 87.5 Å². The Bertz CT molecular complexity index is 1480. The highest BCUT2D eigenvalue weighted by Crippen LogP contribution is 2.53. The summed E-state index contributed by atoms with van der Waals surface area (Å²) in [6.07, 6.45) is 1.78. The van der Waals surface area contributed by atoms with Crippen LogP contribution >= 0.6 is 0 Å². The number of primary amides is 1. The van der Waals surface area contributed by atoms with E-state index in [9.17, 15) is 34.8 Å². The van der Waals surface area contributed by atoms with Gasteiger partial charge in [-0.2, -0.15) is 0 Å². The number of rotatable bonds is 5. The minimum absolute atomic E-state index is 0.0246. The van der Waals surface area contributed by atoms with Gasteiger partial charge in [-0.15, -0.1) is 0 Å². The first kappa shape index (κ1) is 26.7. The number of nitrogens with zero attached hydrogens (tertiary/aromatic N) is 2. The highest BCUT2D eigenvalue weighted by molar-refractivity contribution is 6.24. The number of likely N-dealkylation sites (N-methyl/N-ethyl adjacent to an activating group) is 1. The van der Waals surface area contributed by atoms with Gasteiger partial charge in [0.1, 0.15) is 28.6 Å². The van der Waals surface area contributed by atoms with Crippen LogP contribution in [0.3, 0.4) is 0 Å². The van der Waals surface area contributed by atoms with Crippen molar-refractivity contribution in [2.75, 3.05) is 28.2 Å². The first-order valence-corrected chi connectivity index (χ1v) is 12.5. The number of carbonyl (C=O) groups excluding carboxylic acids is 3. The molecule has 206 valence electrons. The normalized spacial score (nSPS) is 26.7. The van der Waals surface area contributed by atoms with Gasteiger partial charge in [0.2, 0.25) is 5.78 Å². The number of aliphatic hydroxyl groups is 3. The van der Waals surface area contributed by atoms with Crippen molar-refractivity contribution in [3.05, 3.63) is 64.0 Å². The molecule has 0 fully saturated rings. The number of hydrogen-bond donors (Lipinski definition) is 5. The molecule has 1 heterocycles. The number of Topliss-reactive ketones (excluding diaryl/α,β-unsaturated/α-hetero) is 2. The Balaban J connectivity index is 1.71. The van der Waals surface area contributed by atoms with Gasteiger partial charge in [0.05, 0.1) is 24.4 Å². The Hall–Kier alpha value is -3.93. The zero-order valence-electron chi connectivity index (χ0n) is 22.1. The number of aliphatic hydroxyl groups excluding tert-OH is 2. The topological polar surface area (TPSA) is 178 Å². The monoisotopic (exact) mass is 537 g/mol. The second-order valence-electron chi connectivity index (χ2n) is 10.9. The third kappa shape index (κ3) is 3.72. The highest BCUT2D eigenvalue weighted by Gasteiger charge is 2.63. The molecule has 11 nitrogen and oxygen atoms in total. The number of phenolic OH excluding ortho intramolecular Hbond substituents is 1. The zero-order chi connectivity index (χ0) is 28.5. The van der Waals surface area contributed by atoms with Gasteiger partial charge in [0.15, 0.2) is 11.4 Å². The number of ketones is 2. The molecule has 0 bridgehead atoms. The molecule has 1 aromatic carbocycles. The highest BCUT2D eigenvalue weighted by atomic mass is 16.3. The Morgan fingerprint density at radius 3 is 2.41 bits per heavy atom. The van der Waals surface area contributed by atoms with Gasteiger partial charge >= 0.3 is 0 Å². The predicted molar refractivity (Wildman–Crippen MR) is 139 cm³/mol. The van der Waals surface area contributed by atoms with E-state index in [1.54, 1.807) is 32.5 Å². The molecule has 0 spiro atoms. The van der Waals surface area contributed by atoms with Crippen LogP contribution in [0.25, 0.3) is 11.1 Å². The summed E-state index contributed by atoms with van der Waals surface area (Å²) in [6, 6.07) is 3.84. The van der Waals surface area contributed by atoms with Crippen LogP contribution in [0.5, 0.6) is 5.75 Å². The zero-order valence-corrected chi connectivity index (χ0v) is 22.1. The van der Waals surface area contributed by atoms with Crippen molar-refractivity contribution in [2.24, 2.45) is 17.6 Å². The van der Waals surface area contributed by atoms with Crippen molar-refractivity contribution < 1.29 is 39.2 Å². The molecule has 0 unspecified atom stereocenters. The number of fused-ring (bicyclic) bond motifs is 3. The Kier molecular flexibility index (Phi) is 6.21. The molecule has 0 radical (unpaired) electrons. The van der Waals surface area contributed by atoms with E-state index in [1.165, 1.54) is 11.0 Å². The SMILES string of the molecule is CN(C)Cc1occc1-c1ccc(O)c2c1C[C@H]1C[C@H]3[C@H](N(C)C)C(O)=C(C(N)=O)C(=O)[C@@]3(O)C(O)=C1C2=O. The van der Waals surface area contributed by atoms with Crippen LogP contribution in [0.4, 0.5) is 0 Å². The number of hydrogen-bond acceptors (Lipinski definition) is 10. The molecule has 3 aliphatic rings. The average molecular weight is 538 g/mol. The number of phenols is 1. The molecule has 39 heavy (non-hydrogen) atoms. The molecule has 1 amide bonds. The minimum Gasteiger partial charge on any atom is -0.510 e. The van der Waals surface area contributed by atoms with Gasteiger partial charge in [-0.3, -0.25) is 19.3 Å². The van der Waals surface area contributed by atoms with Gasteiger partial charge in [-0.05, 0) is 70.2 Å². The Morgan fingerprint density at radius 2 is 1.79 bits per heavy atom. The summed E-state index contributed by atoms with van der Waals surface area (Å²) in [5.41, 5.74) is 3.63. The number of amides is 1. The smallest absolute Gasteiger partial charge is 0.255 e. The summed E-state index contributed by atoms with van der Waals surface area (Å²) in [4.78, 5) is 42.8. The lowest BCUT2D eigenvalue weighted by molar-refractivity contribution is -0.148. The average Bonchev–Trinajstić information content (AvgIpc) is 3.28. The number of aromatic hydroxyl groups is 1. The standard InChI is InChI=1S/C28H31N3O8/c1-30(2)11-18-14(7-8-39-18)13-5-6-17(32)20-15(13)9-12-10-16-22(31(3)4)24(34)21(27(29)37)26(36)28(16,38)25(35)19(12)23(20)33/h5-8,12,16,22,32,34-35,38H,9-11H2,1-4H3,(H2,29,37)/t12-,16-,22-,28-/m0/s1. The molecule has 0 saturated carbocycles. The molecule has 2 aromatic rings. The summed E-state index contributed by atoms with van der Waals surface area (Å²) >= 11 is 0. The van der Waals surface area contributed by atoms with Crippen molar-refractivity contribution in [1.29, 1.82) is 0 Å². The van der Waals surface area contributed by atoms with Crippen molar-refractivity contribution >= 4 is 17.5 Å². The third-order valence-electron chi connectivity index (χ3n) is 8.10. The Morgan fingerprint density at radius 1 is 1.10 bits per heavy atom. The van der Waals surface area contributed by atoms with E-state index in [1.807, 2.05) is 19.0 Å². The summed E-state index contributed by atoms with van der Waals surface area (Å²) in [6.45, 7) is 0.497. The molecule has 5 rings (SSSR count). The molecule has 3 aliphatic carbocycles. The van der Waals surface area contributed by atoms with Crippen LogP contribution in [0.1, 0.15) is 28.1 Å². The lowest BCUT2D eigenvalue weighted by Crippen LogP contribution is -2.63. The minimum atomic E-state index is -2.67. The first-order chi connectivity index (χ1) is 18.3. The van der Waals surface area contributed by atoms with Crippen molar-refractivity contribution in [3.8, 4) is 16.9 Å². The molecule has 6 N–H and O–H groups in total. The molecule has 0 saturated heterocycles. The van der Waals surface area contributed by atoms with Gasteiger partial charge in [0, 0.05) is 17.1 Å². The maximum atomic E-state index is 13.9. The second-order valence-corrected chi connectivity index (χ2v) is 10.9. The van der Waals surface area contributed by atoms with E-state index in [0.717, 1.165) is 5.56 Å². The van der Waals surface area contributed by atoms with E-state index < -0.39 is 58.0 Å². The first-order valence-electron chi connectivity index (χ1n) is 12.5. The van der Waals surface area contributed by atoms with Crippen LogP contribution in [0.15, 0.2) is 51.5 Å². The fraction of sp³-hybridized carbons (Fsp3) is 0.393. The van der Waals surface area contributed by atoms with E-state index in [2.05, 4.69) is 0 Å². The van der Waals surface area contributed by atoms with Gasteiger partial charge in [-0.25, -0.2) is 0 Å². The predicted octanol–water partition coefficient (Wildman–Crippen LogP) is 1.44. The summed E-state index contributed by atoms with van der Waals surface area (Å²) in [7, 11) is 6.97. The molecule has 0 aliphatic heterocycles. The van der Waals surface area contributed by atoms with Crippen LogP contribution in [-0.2, 0) is 22.6 Å². The number of nitrogens with two attached hydrogens (primary N) is 1. The number of furan rings is 1. The van der Waals surface area contributed by atoms with Crippen molar-refractivity contribution in [2.45, 2.75) is 31.0 Å². The number of carbonyl (C=O) groups is 3. The van der Waals surface area contributed by atoms with E-state index in [4.69, 9.17) is 10.2 Å². The molecular weight excluding hydrogens is 506 g/mol. The molecule has 11 heteroatoms. The maximum absolute atomic E-state index is 13.9. The fourth-order valence-electron chi connectivity index (χ4n) is 6.49. The quantitative estimate of drug-likeness (QED) is 0.351. The van der Waals surface area contributed by atoms with Crippen LogP contribution in [0, 0.1) is 11.8 Å². The summed E-state index contributed by atoms with van der Waals surface area (Å²) in [5.74, 6) is -6.10. The largest absolute Gasteiger partial charge is 0.510 e. The van der Waals surface area contributed by atoms with Gasteiger partial charge in [-0.1, -0.05) is 6.07 Å². The van der Waals surface area contributed by atoms with Gasteiger partial charge in [0.25, 0.3) is 5.91 Å².